The van der Waals surface area contributed by atoms with Crippen molar-refractivity contribution < 1.29 is 4.74 Å². The van der Waals surface area contributed by atoms with Crippen molar-refractivity contribution in [1.82, 2.24) is 5.32 Å². The fourth-order valence-electron chi connectivity index (χ4n) is 2.76. The summed E-state index contributed by atoms with van der Waals surface area (Å²) in [5.41, 5.74) is 0.588. The molecule has 2 heteroatoms. The van der Waals surface area contributed by atoms with Crippen LogP contribution in [0.2, 0.25) is 0 Å². The lowest BCUT2D eigenvalue weighted by atomic mass is 9.90. The van der Waals surface area contributed by atoms with Crippen molar-refractivity contribution in [2.75, 3.05) is 13.2 Å². The Hall–Kier alpha value is -0.0800. The zero-order valence-electron chi connectivity index (χ0n) is 9.51. The lowest BCUT2D eigenvalue weighted by Gasteiger charge is -2.26. The van der Waals surface area contributed by atoms with Crippen LogP contribution in [0.15, 0.2) is 0 Å². The van der Waals surface area contributed by atoms with Crippen molar-refractivity contribution in [1.29, 1.82) is 0 Å². The third-order valence-corrected chi connectivity index (χ3v) is 3.98. The van der Waals surface area contributed by atoms with E-state index in [4.69, 9.17) is 4.74 Å². The number of hydrogen-bond acceptors (Lipinski definition) is 2. The first-order chi connectivity index (χ1) is 6.77. The minimum absolute atomic E-state index is 0.568. The van der Waals surface area contributed by atoms with Gasteiger partial charge < -0.3 is 10.1 Å². The van der Waals surface area contributed by atoms with Gasteiger partial charge in [0.05, 0.1) is 6.10 Å². The molecule has 2 nitrogen and oxygen atoms in total. The molecule has 2 unspecified atom stereocenters. The Morgan fingerprint density at radius 1 is 1.50 bits per heavy atom. The van der Waals surface area contributed by atoms with E-state index < -0.39 is 0 Å². The van der Waals surface area contributed by atoms with E-state index in [0.717, 1.165) is 13.2 Å². The smallest absolute Gasteiger partial charge is 0.0581 e. The summed E-state index contributed by atoms with van der Waals surface area (Å²) in [6.07, 6.45) is 7.23. The van der Waals surface area contributed by atoms with Gasteiger partial charge in [-0.3, -0.25) is 0 Å². The van der Waals surface area contributed by atoms with Gasteiger partial charge in [0, 0.05) is 12.6 Å². The Labute approximate surface area is 87.4 Å². The summed E-state index contributed by atoms with van der Waals surface area (Å²) in [4.78, 5) is 0. The molecule has 0 aromatic heterocycles. The Morgan fingerprint density at radius 3 is 2.79 bits per heavy atom. The molecule has 1 aliphatic carbocycles. The van der Waals surface area contributed by atoms with Crippen LogP contribution in [0.5, 0.6) is 0 Å². The molecule has 1 saturated carbocycles. The summed E-state index contributed by atoms with van der Waals surface area (Å²) in [7, 11) is 0. The van der Waals surface area contributed by atoms with Crippen LogP contribution < -0.4 is 5.32 Å². The van der Waals surface area contributed by atoms with Gasteiger partial charge in [-0.2, -0.15) is 0 Å². The average molecular weight is 197 g/mol. The molecular formula is C12H23NO. The van der Waals surface area contributed by atoms with Crippen molar-refractivity contribution in [2.45, 2.75) is 58.1 Å². The second-order valence-electron chi connectivity index (χ2n) is 4.98. The highest BCUT2D eigenvalue weighted by Crippen LogP contribution is 2.53. The number of nitrogens with one attached hydrogen (secondary N) is 1. The van der Waals surface area contributed by atoms with Crippen molar-refractivity contribution >= 4 is 0 Å². The van der Waals surface area contributed by atoms with Gasteiger partial charge in [-0.15, -0.1) is 0 Å². The normalized spacial score (nSPS) is 31.7. The zero-order chi connectivity index (χ0) is 10.0. The molecule has 1 saturated heterocycles. The SMILES string of the molecule is CCNC(C)C1(CC2CCCO2)CC1. The highest BCUT2D eigenvalue weighted by Gasteiger charge is 2.48. The maximum Gasteiger partial charge on any atom is 0.0581 e. The predicted molar refractivity (Wildman–Crippen MR) is 58.4 cm³/mol. The molecule has 1 aliphatic heterocycles. The van der Waals surface area contributed by atoms with Gasteiger partial charge in [0.2, 0.25) is 0 Å². The molecule has 0 spiro atoms. The monoisotopic (exact) mass is 197 g/mol. The third kappa shape index (κ3) is 2.12. The molecule has 0 aromatic carbocycles. The summed E-state index contributed by atoms with van der Waals surface area (Å²) < 4.78 is 5.73. The van der Waals surface area contributed by atoms with Crippen LogP contribution in [-0.4, -0.2) is 25.3 Å². The summed E-state index contributed by atoms with van der Waals surface area (Å²) in [6.45, 7) is 6.62. The van der Waals surface area contributed by atoms with Crippen molar-refractivity contribution in [3.05, 3.63) is 0 Å². The van der Waals surface area contributed by atoms with Gasteiger partial charge in [0.15, 0.2) is 0 Å². The Kier molecular flexibility index (Phi) is 3.13. The van der Waals surface area contributed by atoms with Crippen LogP contribution in [0, 0.1) is 5.41 Å². The number of rotatable bonds is 5. The van der Waals surface area contributed by atoms with Crippen LogP contribution in [0.3, 0.4) is 0 Å². The minimum Gasteiger partial charge on any atom is -0.378 e. The van der Waals surface area contributed by atoms with Crippen molar-refractivity contribution in [3.63, 3.8) is 0 Å². The van der Waals surface area contributed by atoms with E-state index in [9.17, 15) is 0 Å². The van der Waals surface area contributed by atoms with Crippen molar-refractivity contribution in [2.24, 2.45) is 5.41 Å². The third-order valence-electron chi connectivity index (χ3n) is 3.98. The Balaban J connectivity index is 1.82. The molecule has 0 bridgehead atoms. The quantitative estimate of drug-likeness (QED) is 0.730. The number of ether oxygens (including phenoxy) is 1. The molecule has 0 aromatic rings. The standard InChI is InChI=1S/C12H23NO/c1-3-13-10(2)12(6-7-12)9-11-5-4-8-14-11/h10-11,13H,3-9H2,1-2H3. The van der Waals surface area contributed by atoms with Crippen molar-refractivity contribution in [3.8, 4) is 0 Å². The molecule has 2 atom stereocenters. The Bertz CT molecular complexity index is 183. The first-order valence-corrected chi connectivity index (χ1v) is 6.12. The molecule has 2 rings (SSSR count). The highest BCUT2D eigenvalue weighted by molar-refractivity contribution is 5.01. The first kappa shape index (κ1) is 10.4. The van der Waals surface area contributed by atoms with E-state index in [2.05, 4.69) is 19.2 Å². The molecular weight excluding hydrogens is 174 g/mol. The molecule has 1 N–H and O–H groups in total. The predicted octanol–water partition coefficient (Wildman–Crippen LogP) is 2.33. The van der Waals surface area contributed by atoms with Crippen LogP contribution in [0.1, 0.15) is 46.0 Å². The molecule has 82 valence electrons. The fraction of sp³-hybridized carbons (Fsp3) is 1.00. The molecule has 1 heterocycles. The highest BCUT2D eigenvalue weighted by atomic mass is 16.5. The summed E-state index contributed by atoms with van der Waals surface area (Å²) in [6, 6.07) is 0.677. The lowest BCUT2D eigenvalue weighted by Crippen LogP contribution is -2.36. The van der Waals surface area contributed by atoms with Crippen LogP contribution in [-0.2, 0) is 4.74 Å². The van der Waals surface area contributed by atoms with Crippen LogP contribution in [0.4, 0.5) is 0 Å². The van der Waals surface area contributed by atoms with Gasteiger partial charge in [-0.05, 0) is 51.0 Å². The van der Waals surface area contributed by atoms with Gasteiger partial charge in [-0.1, -0.05) is 6.92 Å². The molecule has 2 aliphatic rings. The van der Waals surface area contributed by atoms with E-state index in [-0.39, 0.29) is 0 Å². The summed E-state index contributed by atoms with van der Waals surface area (Å²) in [5, 5.41) is 3.57. The second-order valence-corrected chi connectivity index (χ2v) is 4.98. The molecule has 0 amide bonds. The molecule has 14 heavy (non-hydrogen) atoms. The van der Waals surface area contributed by atoms with E-state index in [0.29, 0.717) is 17.6 Å². The van der Waals surface area contributed by atoms with E-state index in [1.807, 2.05) is 0 Å². The van der Waals surface area contributed by atoms with Gasteiger partial charge in [-0.25, -0.2) is 0 Å². The lowest BCUT2D eigenvalue weighted by molar-refractivity contribution is 0.0787. The Morgan fingerprint density at radius 2 is 2.29 bits per heavy atom. The molecule has 2 fully saturated rings. The van der Waals surface area contributed by atoms with Crippen LogP contribution in [0.25, 0.3) is 0 Å². The first-order valence-electron chi connectivity index (χ1n) is 6.12. The topological polar surface area (TPSA) is 21.3 Å². The average Bonchev–Trinajstić information content (AvgIpc) is 2.75. The fourth-order valence-corrected chi connectivity index (χ4v) is 2.76. The van der Waals surface area contributed by atoms with E-state index in [1.54, 1.807) is 0 Å². The van der Waals surface area contributed by atoms with Gasteiger partial charge >= 0.3 is 0 Å². The van der Waals surface area contributed by atoms with Gasteiger partial charge in [0.1, 0.15) is 0 Å². The minimum atomic E-state index is 0.568. The molecule has 0 radical (unpaired) electrons. The zero-order valence-corrected chi connectivity index (χ0v) is 9.51. The maximum atomic E-state index is 5.73. The second kappa shape index (κ2) is 4.19. The largest absolute Gasteiger partial charge is 0.378 e. The van der Waals surface area contributed by atoms with Gasteiger partial charge in [0.25, 0.3) is 0 Å². The van der Waals surface area contributed by atoms with E-state index >= 15 is 0 Å². The maximum absolute atomic E-state index is 5.73. The summed E-state index contributed by atoms with van der Waals surface area (Å²) in [5.74, 6) is 0. The number of hydrogen-bond donors (Lipinski definition) is 1. The van der Waals surface area contributed by atoms with E-state index in [1.165, 1.54) is 32.1 Å². The van der Waals surface area contributed by atoms with Crippen LogP contribution >= 0.6 is 0 Å². The summed E-state index contributed by atoms with van der Waals surface area (Å²) >= 11 is 0.